The normalized spacial score (nSPS) is 10.9. The number of carboxylic acid groups (broad SMARTS) is 1. The number of carbonyl (C=O) groups is 1. The molecule has 1 heterocycles. The van der Waals surface area contributed by atoms with E-state index in [9.17, 15) is 4.79 Å². The van der Waals surface area contributed by atoms with Crippen molar-refractivity contribution < 1.29 is 9.90 Å². The van der Waals surface area contributed by atoms with Gasteiger partial charge in [0.25, 0.3) is 0 Å². The van der Waals surface area contributed by atoms with Crippen LogP contribution in [0.15, 0.2) is 12.3 Å². The Hall–Kier alpha value is -1.00. The maximum Gasteiger partial charge on any atom is 0.352 e. The molecule has 0 aromatic carbocycles. The Morgan fingerprint density at radius 1 is 1.60 bits per heavy atom. The van der Waals surface area contributed by atoms with Gasteiger partial charge in [0.1, 0.15) is 5.69 Å². The lowest BCUT2D eigenvalue weighted by Gasteiger charge is -2.10. The van der Waals surface area contributed by atoms with Gasteiger partial charge in [0.05, 0.1) is 5.02 Å². The number of carboxylic acids is 1. The fraction of sp³-hybridized carbons (Fsp3) is 0.500. The van der Waals surface area contributed by atoms with Crippen LogP contribution in [0, 0.1) is 0 Å². The molecule has 0 aliphatic rings. The van der Waals surface area contributed by atoms with Crippen molar-refractivity contribution in [2.24, 2.45) is 0 Å². The van der Waals surface area contributed by atoms with Crippen molar-refractivity contribution in [1.29, 1.82) is 0 Å². The highest BCUT2D eigenvalue weighted by Gasteiger charge is 2.10. The highest BCUT2D eigenvalue weighted by Crippen LogP contribution is 2.14. The number of aromatic carboxylic acids is 1. The van der Waals surface area contributed by atoms with Gasteiger partial charge < -0.3 is 14.6 Å². The first-order valence-electron chi connectivity index (χ1n) is 4.74. The number of rotatable bonds is 5. The topological polar surface area (TPSA) is 45.5 Å². The number of aromatic nitrogens is 1. The zero-order chi connectivity index (χ0) is 11.4. The summed E-state index contributed by atoms with van der Waals surface area (Å²) in [7, 11) is 3.97. The predicted molar refractivity (Wildman–Crippen MR) is 59.6 cm³/mol. The molecule has 0 unspecified atom stereocenters. The average molecular weight is 231 g/mol. The largest absolute Gasteiger partial charge is 0.477 e. The summed E-state index contributed by atoms with van der Waals surface area (Å²) < 4.78 is 1.67. The molecule has 0 aliphatic carbocycles. The second kappa shape index (κ2) is 5.19. The van der Waals surface area contributed by atoms with Crippen molar-refractivity contribution in [2.75, 3.05) is 20.6 Å². The Morgan fingerprint density at radius 3 is 2.80 bits per heavy atom. The van der Waals surface area contributed by atoms with Crippen molar-refractivity contribution in [2.45, 2.75) is 13.0 Å². The van der Waals surface area contributed by atoms with Crippen molar-refractivity contribution in [3.8, 4) is 0 Å². The van der Waals surface area contributed by atoms with Gasteiger partial charge in [0.15, 0.2) is 0 Å². The van der Waals surface area contributed by atoms with Crippen LogP contribution in [0.5, 0.6) is 0 Å². The summed E-state index contributed by atoms with van der Waals surface area (Å²) in [4.78, 5) is 12.9. The van der Waals surface area contributed by atoms with Gasteiger partial charge in [-0.1, -0.05) is 11.6 Å². The first kappa shape index (κ1) is 12.1. The molecule has 15 heavy (non-hydrogen) atoms. The summed E-state index contributed by atoms with van der Waals surface area (Å²) in [5, 5.41) is 9.37. The van der Waals surface area contributed by atoms with Crippen LogP contribution >= 0.6 is 11.6 Å². The summed E-state index contributed by atoms with van der Waals surface area (Å²) in [5.41, 5.74) is 0.249. The monoisotopic (exact) mass is 230 g/mol. The lowest BCUT2D eigenvalue weighted by Crippen LogP contribution is -2.16. The predicted octanol–water partition coefficient (Wildman–Crippen LogP) is 1.79. The van der Waals surface area contributed by atoms with E-state index in [-0.39, 0.29) is 5.69 Å². The van der Waals surface area contributed by atoms with Crippen LogP contribution in [-0.4, -0.2) is 41.2 Å². The lowest BCUT2D eigenvalue weighted by atomic mass is 10.3. The molecule has 5 heteroatoms. The minimum atomic E-state index is -0.938. The number of aryl methyl sites for hydroxylation is 1. The molecule has 0 aliphatic heterocycles. The van der Waals surface area contributed by atoms with Crippen LogP contribution in [0.3, 0.4) is 0 Å². The van der Waals surface area contributed by atoms with E-state index in [0.29, 0.717) is 11.6 Å². The molecule has 0 fully saturated rings. The zero-order valence-electron chi connectivity index (χ0n) is 8.90. The van der Waals surface area contributed by atoms with Gasteiger partial charge in [-0.2, -0.15) is 0 Å². The highest BCUT2D eigenvalue weighted by molar-refractivity contribution is 6.30. The second-order valence-corrected chi connectivity index (χ2v) is 4.14. The van der Waals surface area contributed by atoms with Crippen LogP contribution in [0.2, 0.25) is 5.02 Å². The fourth-order valence-electron chi connectivity index (χ4n) is 1.40. The first-order chi connectivity index (χ1) is 7.00. The van der Waals surface area contributed by atoms with Crippen molar-refractivity contribution in [1.82, 2.24) is 9.47 Å². The Morgan fingerprint density at radius 2 is 2.27 bits per heavy atom. The van der Waals surface area contributed by atoms with Gasteiger partial charge >= 0.3 is 5.97 Å². The Balaban J connectivity index is 2.63. The van der Waals surface area contributed by atoms with Crippen LogP contribution in [0.4, 0.5) is 0 Å². The zero-order valence-corrected chi connectivity index (χ0v) is 9.66. The molecule has 84 valence electrons. The SMILES string of the molecule is CN(C)CCCn1cc(Cl)cc1C(=O)O. The van der Waals surface area contributed by atoms with E-state index < -0.39 is 5.97 Å². The highest BCUT2D eigenvalue weighted by atomic mass is 35.5. The fourth-order valence-corrected chi connectivity index (χ4v) is 1.62. The summed E-state index contributed by atoms with van der Waals surface area (Å²) in [6, 6.07) is 1.47. The number of hydrogen-bond donors (Lipinski definition) is 1. The van der Waals surface area contributed by atoms with Crippen molar-refractivity contribution in [3.63, 3.8) is 0 Å². The van der Waals surface area contributed by atoms with Gasteiger partial charge in [-0.3, -0.25) is 0 Å². The van der Waals surface area contributed by atoms with Crippen LogP contribution < -0.4 is 0 Å². The molecular formula is C10H15ClN2O2. The van der Waals surface area contributed by atoms with E-state index >= 15 is 0 Å². The minimum Gasteiger partial charge on any atom is -0.477 e. The van der Waals surface area contributed by atoms with Crippen LogP contribution in [0.25, 0.3) is 0 Å². The molecular weight excluding hydrogens is 216 g/mol. The summed E-state index contributed by atoms with van der Waals surface area (Å²) in [6.45, 7) is 1.60. The molecule has 0 bridgehead atoms. The molecule has 1 aromatic heterocycles. The summed E-state index contributed by atoms with van der Waals surface area (Å²) >= 11 is 5.76. The smallest absolute Gasteiger partial charge is 0.352 e. The number of hydrogen-bond acceptors (Lipinski definition) is 2. The third-order valence-electron chi connectivity index (χ3n) is 2.09. The molecule has 1 N–H and O–H groups in total. The first-order valence-corrected chi connectivity index (χ1v) is 5.12. The molecule has 1 aromatic rings. The molecule has 0 amide bonds. The maximum absolute atomic E-state index is 10.8. The molecule has 0 saturated heterocycles. The minimum absolute atomic E-state index is 0.249. The van der Waals surface area contributed by atoms with Crippen LogP contribution in [0.1, 0.15) is 16.9 Å². The molecule has 4 nitrogen and oxygen atoms in total. The van der Waals surface area contributed by atoms with Gasteiger partial charge in [0, 0.05) is 12.7 Å². The Bertz CT molecular complexity index is 347. The van der Waals surface area contributed by atoms with E-state index in [0.717, 1.165) is 13.0 Å². The number of halogens is 1. The van der Waals surface area contributed by atoms with Crippen molar-refractivity contribution in [3.05, 3.63) is 23.0 Å². The van der Waals surface area contributed by atoms with Crippen molar-refractivity contribution >= 4 is 17.6 Å². The van der Waals surface area contributed by atoms with Gasteiger partial charge in [-0.25, -0.2) is 4.79 Å². The summed E-state index contributed by atoms with van der Waals surface area (Å²) in [6.07, 6.45) is 2.55. The molecule has 0 atom stereocenters. The standard InChI is InChI=1S/C10H15ClN2O2/c1-12(2)4-3-5-13-7-8(11)6-9(13)10(14)15/h6-7H,3-5H2,1-2H3,(H,14,15). The van der Waals surface area contributed by atoms with Gasteiger partial charge in [0.2, 0.25) is 0 Å². The number of nitrogens with zero attached hydrogens (tertiary/aromatic N) is 2. The van der Waals surface area contributed by atoms with Gasteiger partial charge in [-0.05, 0) is 33.1 Å². The quantitative estimate of drug-likeness (QED) is 0.839. The Kier molecular flexibility index (Phi) is 4.17. The average Bonchev–Trinajstić information content (AvgIpc) is 2.46. The maximum atomic E-state index is 10.8. The second-order valence-electron chi connectivity index (χ2n) is 3.70. The van der Waals surface area contributed by atoms with E-state index in [1.807, 2.05) is 14.1 Å². The van der Waals surface area contributed by atoms with Crippen LogP contribution in [-0.2, 0) is 6.54 Å². The molecule has 0 saturated carbocycles. The molecule has 0 radical (unpaired) electrons. The summed E-state index contributed by atoms with van der Waals surface area (Å²) in [5.74, 6) is -0.938. The van der Waals surface area contributed by atoms with E-state index in [1.54, 1.807) is 10.8 Å². The molecule has 0 spiro atoms. The van der Waals surface area contributed by atoms with E-state index in [4.69, 9.17) is 16.7 Å². The van der Waals surface area contributed by atoms with Gasteiger partial charge in [-0.15, -0.1) is 0 Å². The third-order valence-corrected chi connectivity index (χ3v) is 2.29. The van der Waals surface area contributed by atoms with E-state index in [2.05, 4.69) is 4.90 Å². The lowest BCUT2D eigenvalue weighted by molar-refractivity contribution is 0.0685. The Labute approximate surface area is 94.1 Å². The third kappa shape index (κ3) is 3.57. The molecule has 1 rings (SSSR count). The van der Waals surface area contributed by atoms with E-state index in [1.165, 1.54) is 6.07 Å².